The number of ether oxygens (including phenoxy) is 1. The van der Waals surface area contributed by atoms with Crippen LogP contribution < -0.4 is 0 Å². The van der Waals surface area contributed by atoms with E-state index in [0.29, 0.717) is 0 Å². The van der Waals surface area contributed by atoms with Gasteiger partial charge in [0.2, 0.25) is 0 Å². The fourth-order valence-corrected chi connectivity index (χ4v) is 1.34. The Labute approximate surface area is 40.5 Å². The first-order valence-corrected chi connectivity index (χ1v) is 3.70. The molecule has 0 atom stereocenters. The van der Waals surface area contributed by atoms with Gasteiger partial charge in [-0.3, -0.25) is 0 Å². The van der Waals surface area contributed by atoms with Crippen molar-refractivity contribution in [3.05, 3.63) is 0 Å². The number of rotatable bonds is 0. The lowest BCUT2D eigenvalue weighted by Crippen LogP contribution is -2.08. The fraction of sp³-hybridized carbons (Fsp3) is 1.00. The average Bonchev–Trinajstić information content (AvgIpc) is 1.72. The summed E-state index contributed by atoms with van der Waals surface area (Å²) in [5.74, 6) is 0. The van der Waals surface area contributed by atoms with Crippen molar-refractivity contribution in [1.29, 1.82) is 0 Å². The molecule has 1 saturated heterocycles. The maximum atomic E-state index is 5.08. The molecular weight excluding hydrogens is 92.1 g/mol. The molecule has 1 rings (SSSR count). The first-order chi connectivity index (χ1) is 3.00. The zero-order valence-corrected chi connectivity index (χ0v) is 4.74. The second-order valence-corrected chi connectivity index (χ2v) is 2.86. The van der Waals surface area contributed by atoms with Crippen molar-refractivity contribution in [3.8, 4) is 0 Å². The summed E-state index contributed by atoms with van der Waals surface area (Å²) in [7, 11) is 1.18. The summed E-state index contributed by atoms with van der Waals surface area (Å²) in [6.45, 7) is 2.02. The highest BCUT2D eigenvalue weighted by Crippen LogP contribution is 1.95. The van der Waals surface area contributed by atoms with Gasteiger partial charge in [0.25, 0.3) is 0 Å². The van der Waals surface area contributed by atoms with Gasteiger partial charge in [-0.25, -0.2) is 0 Å². The monoisotopic (exact) mass is 100 g/mol. The minimum absolute atomic E-state index is 1.01. The van der Waals surface area contributed by atoms with Crippen molar-refractivity contribution >= 4 is 9.52 Å². The van der Waals surface area contributed by atoms with Crippen LogP contribution in [0.4, 0.5) is 0 Å². The van der Waals surface area contributed by atoms with E-state index in [2.05, 4.69) is 0 Å². The second kappa shape index (κ2) is 2.37. The lowest BCUT2D eigenvalue weighted by Gasteiger charge is -2.07. The molecule has 0 aromatic heterocycles. The van der Waals surface area contributed by atoms with E-state index in [1.807, 2.05) is 0 Å². The summed E-state index contributed by atoms with van der Waals surface area (Å²) >= 11 is 0. The van der Waals surface area contributed by atoms with Crippen LogP contribution in [0.3, 0.4) is 0 Å². The van der Waals surface area contributed by atoms with Crippen molar-refractivity contribution < 1.29 is 4.74 Å². The molecule has 1 aliphatic heterocycles. The molecule has 0 amide bonds. The Hall–Kier alpha value is 0.177. The number of hydrogen-bond acceptors (Lipinski definition) is 1. The molecule has 0 aromatic carbocycles. The predicted octanol–water partition coefficient (Wildman–Crippen LogP) is 0.557. The van der Waals surface area contributed by atoms with Gasteiger partial charge in [-0.1, -0.05) is 0 Å². The highest BCUT2D eigenvalue weighted by molar-refractivity contribution is 6.35. The van der Waals surface area contributed by atoms with Crippen LogP contribution in [-0.2, 0) is 4.74 Å². The Morgan fingerprint density at radius 1 is 1.17 bits per heavy atom. The molecule has 0 N–H and O–H groups in total. The van der Waals surface area contributed by atoms with Crippen LogP contribution in [0.1, 0.15) is 0 Å². The van der Waals surface area contributed by atoms with E-state index in [9.17, 15) is 0 Å². The normalized spacial score (nSPS) is 24.0. The van der Waals surface area contributed by atoms with Crippen LogP contribution in [0.2, 0.25) is 12.1 Å². The van der Waals surface area contributed by atoms with Gasteiger partial charge in [0, 0.05) is 22.7 Å². The van der Waals surface area contributed by atoms with E-state index < -0.39 is 0 Å². The average molecular weight is 100 g/mol. The lowest BCUT2D eigenvalue weighted by atomic mass is 10.8. The van der Waals surface area contributed by atoms with E-state index in [1.165, 1.54) is 21.6 Å². The molecule has 6 heavy (non-hydrogen) atoms. The molecule has 2 heteroatoms. The summed E-state index contributed by atoms with van der Waals surface area (Å²) < 4.78 is 5.08. The van der Waals surface area contributed by atoms with Crippen LogP contribution >= 0.6 is 0 Å². The van der Waals surface area contributed by atoms with Gasteiger partial charge in [0.05, 0.1) is 0 Å². The van der Waals surface area contributed by atoms with Crippen LogP contribution in [0.25, 0.3) is 0 Å². The lowest BCUT2D eigenvalue weighted by molar-refractivity contribution is 0.152. The Kier molecular flexibility index (Phi) is 1.71. The molecule has 0 spiro atoms. The van der Waals surface area contributed by atoms with Crippen LogP contribution in [-0.4, -0.2) is 22.7 Å². The summed E-state index contributed by atoms with van der Waals surface area (Å²) in [6.07, 6.45) is 0. The van der Waals surface area contributed by atoms with Gasteiger partial charge in [0.1, 0.15) is 0 Å². The SMILES string of the molecule is C1C[Si]CCO1. The molecular formula is C4H8OSi. The highest BCUT2D eigenvalue weighted by atomic mass is 28.2. The molecule has 1 fully saturated rings. The Bertz CT molecular complexity index is 23.0. The van der Waals surface area contributed by atoms with Crippen LogP contribution in [0, 0.1) is 0 Å². The zero-order valence-electron chi connectivity index (χ0n) is 3.74. The Morgan fingerprint density at radius 3 is 2.00 bits per heavy atom. The third-order valence-corrected chi connectivity index (χ3v) is 1.96. The van der Waals surface area contributed by atoms with Crippen molar-refractivity contribution in [2.24, 2.45) is 0 Å². The van der Waals surface area contributed by atoms with Gasteiger partial charge in [-0.2, -0.15) is 0 Å². The fourth-order valence-electron chi connectivity index (χ4n) is 0.516. The molecule has 0 saturated carbocycles. The number of hydrogen-bond donors (Lipinski definition) is 0. The highest BCUT2D eigenvalue weighted by Gasteiger charge is 1.96. The topological polar surface area (TPSA) is 9.23 Å². The summed E-state index contributed by atoms with van der Waals surface area (Å²) in [5.41, 5.74) is 0. The molecule has 0 aliphatic carbocycles. The first kappa shape index (κ1) is 4.34. The van der Waals surface area contributed by atoms with Gasteiger partial charge >= 0.3 is 0 Å². The third-order valence-electron chi connectivity index (χ3n) is 0.846. The summed E-state index contributed by atoms with van der Waals surface area (Å²) in [5, 5.41) is 0. The van der Waals surface area contributed by atoms with Crippen LogP contribution in [0.5, 0.6) is 0 Å². The second-order valence-electron chi connectivity index (χ2n) is 1.36. The van der Waals surface area contributed by atoms with Crippen molar-refractivity contribution in [2.45, 2.75) is 12.1 Å². The summed E-state index contributed by atoms with van der Waals surface area (Å²) in [6, 6.07) is 2.61. The zero-order chi connectivity index (χ0) is 4.24. The third kappa shape index (κ3) is 1.10. The van der Waals surface area contributed by atoms with Crippen molar-refractivity contribution in [1.82, 2.24) is 0 Å². The molecule has 1 heterocycles. The molecule has 0 aromatic rings. The smallest absolute Gasteiger partial charge is 0.0438 e. The molecule has 0 bridgehead atoms. The quantitative estimate of drug-likeness (QED) is 0.404. The maximum absolute atomic E-state index is 5.08. The van der Waals surface area contributed by atoms with E-state index in [0.717, 1.165) is 13.2 Å². The van der Waals surface area contributed by atoms with Gasteiger partial charge in [0.15, 0.2) is 0 Å². The Balaban J connectivity index is 2.00. The largest absolute Gasteiger partial charge is 0.382 e. The maximum Gasteiger partial charge on any atom is 0.0438 e. The minimum Gasteiger partial charge on any atom is -0.382 e. The van der Waals surface area contributed by atoms with Crippen LogP contribution in [0.15, 0.2) is 0 Å². The standard InChI is InChI=1S/C4H8OSi/c1-3-6-4-2-5-1/h1-4H2. The summed E-state index contributed by atoms with van der Waals surface area (Å²) in [4.78, 5) is 0. The molecule has 1 nitrogen and oxygen atoms in total. The predicted molar refractivity (Wildman–Crippen MR) is 26.2 cm³/mol. The van der Waals surface area contributed by atoms with Crippen molar-refractivity contribution in [2.75, 3.05) is 13.2 Å². The first-order valence-electron chi connectivity index (χ1n) is 2.28. The van der Waals surface area contributed by atoms with E-state index in [1.54, 1.807) is 0 Å². The molecule has 34 valence electrons. The molecule has 0 unspecified atom stereocenters. The molecule has 2 radical (unpaired) electrons. The molecule has 1 aliphatic rings. The van der Waals surface area contributed by atoms with E-state index >= 15 is 0 Å². The minimum atomic E-state index is 1.01. The van der Waals surface area contributed by atoms with Crippen molar-refractivity contribution in [3.63, 3.8) is 0 Å². The van der Waals surface area contributed by atoms with E-state index in [-0.39, 0.29) is 0 Å². The van der Waals surface area contributed by atoms with E-state index in [4.69, 9.17) is 4.74 Å². The van der Waals surface area contributed by atoms with Gasteiger partial charge in [-0.15, -0.1) is 0 Å². The van der Waals surface area contributed by atoms with Gasteiger partial charge in [-0.05, 0) is 12.1 Å². The Morgan fingerprint density at radius 2 is 1.83 bits per heavy atom. The van der Waals surface area contributed by atoms with Gasteiger partial charge < -0.3 is 4.74 Å².